The quantitative estimate of drug-likeness (QED) is 0.627. The molecule has 0 aliphatic heterocycles. The molecule has 1 aromatic heterocycles. The van der Waals surface area contributed by atoms with E-state index in [4.69, 9.17) is 11.6 Å². The fourth-order valence-corrected chi connectivity index (χ4v) is 2.73. The van der Waals surface area contributed by atoms with E-state index in [0.717, 1.165) is 11.1 Å². The van der Waals surface area contributed by atoms with Gasteiger partial charge in [-0.05, 0) is 54.8 Å². The van der Waals surface area contributed by atoms with Gasteiger partial charge in [0, 0.05) is 23.8 Å². The van der Waals surface area contributed by atoms with Gasteiger partial charge in [-0.25, -0.2) is 14.4 Å². The third-order valence-corrected chi connectivity index (χ3v) is 4.32. The molecular weight excluding hydrogens is 379 g/mol. The Bertz CT molecular complexity index is 946. The van der Waals surface area contributed by atoms with Gasteiger partial charge in [-0.3, -0.25) is 4.79 Å². The number of nitrogens with zero attached hydrogens (tertiary/aromatic N) is 2. The summed E-state index contributed by atoms with van der Waals surface area (Å²) in [6.07, 6.45) is 0.690. The Balaban J connectivity index is 1.57. The fraction of sp³-hybridized carbons (Fsp3) is 0.190. The molecule has 3 aromatic rings. The van der Waals surface area contributed by atoms with E-state index in [1.807, 2.05) is 19.1 Å². The van der Waals surface area contributed by atoms with Crippen LogP contribution in [0.1, 0.15) is 27.3 Å². The fourth-order valence-electron chi connectivity index (χ4n) is 2.61. The lowest BCUT2D eigenvalue weighted by Gasteiger charge is -2.09. The molecule has 0 aliphatic carbocycles. The summed E-state index contributed by atoms with van der Waals surface area (Å²) in [5.74, 6) is -0.145. The first-order chi connectivity index (χ1) is 13.5. The van der Waals surface area contributed by atoms with Crippen LogP contribution in [0.5, 0.6) is 0 Å². The van der Waals surface area contributed by atoms with Crippen molar-refractivity contribution in [3.63, 3.8) is 0 Å². The van der Waals surface area contributed by atoms with Crippen molar-refractivity contribution < 1.29 is 9.18 Å². The highest BCUT2D eigenvalue weighted by Crippen LogP contribution is 2.10. The van der Waals surface area contributed by atoms with Crippen molar-refractivity contribution in [2.24, 2.45) is 0 Å². The highest BCUT2D eigenvalue weighted by Gasteiger charge is 2.10. The smallest absolute Gasteiger partial charge is 0.270 e. The van der Waals surface area contributed by atoms with E-state index >= 15 is 0 Å². The lowest BCUT2D eigenvalue weighted by Crippen LogP contribution is -2.24. The third-order valence-electron chi connectivity index (χ3n) is 4.06. The largest absolute Gasteiger partial charge is 0.354 e. The number of hydrogen-bond acceptors (Lipinski definition) is 4. The first-order valence-corrected chi connectivity index (χ1v) is 9.24. The van der Waals surface area contributed by atoms with E-state index in [1.54, 1.807) is 30.3 Å². The van der Waals surface area contributed by atoms with Gasteiger partial charge in [0.25, 0.3) is 5.91 Å². The molecule has 0 saturated heterocycles. The second-order valence-corrected chi connectivity index (χ2v) is 6.77. The molecule has 2 N–H and O–H groups in total. The minimum atomic E-state index is -0.276. The van der Waals surface area contributed by atoms with E-state index in [9.17, 15) is 9.18 Å². The number of carbonyl (C=O) groups is 1. The van der Waals surface area contributed by atoms with Crippen molar-refractivity contribution in [3.8, 4) is 0 Å². The van der Waals surface area contributed by atoms with Crippen LogP contribution in [-0.2, 0) is 13.0 Å². The van der Waals surface area contributed by atoms with Crippen LogP contribution >= 0.6 is 11.6 Å². The molecule has 144 valence electrons. The number of halogens is 2. The Hall–Kier alpha value is -2.99. The molecule has 1 amide bonds. The molecule has 1 heterocycles. The van der Waals surface area contributed by atoms with Gasteiger partial charge in [0.1, 0.15) is 11.5 Å². The molecule has 0 unspecified atom stereocenters. The zero-order valence-electron chi connectivity index (χ0n) is 15.4. The maximum atomic E-state index is 12.9. The van der Waals surface area contributed by atoms with Crippen LogP contribution < -0.4 is 10.6 Å². The number of rotatable bonds is 7. The first kappa shape index (κ1) is 19.8. The molecular formula is C21H20ClFN4O. The minimum absolute atomic E-state index is 0.256. The number of nitrogens with one attached hydrogen (secondary N) is 2. The zero-order chi connectivity index (χ0) is 19.9. The average Bonchev–Trinajstić information content (AvgIpc) is 2.68. The van der Waals surface area contributed by atoms with Crippen LogP contribution in [0, 0.1) is 12.7 Å². The van der Waals surface area contributed by atoms with Crippen molar-refractivity contribution in [3.05, 3.63) is 88.0 Å². The normalized spacial score (nSPS) is 10.5. The van der Waals surface area contributed by atoms with Gasteiger partial charge >= 0.3 is 0 Å². The highest BCUT2D eigenvalue weighted by atomic mass is 35.5. The summed E-state index contributed by atoms with van der Waals surface area (Å²) < 4.78 is 12.9. The van der Waals surface area contributed by atoms with Gasteiger partial charge in [-0.15, -0.1) is 0 Å². The van der Waals surface area contributed by atoms with Crippen LogP contribution in [0.4, 0.5) is 10.3 Å². The number of aromatic nitrogens is 2. The van der Waals surface area contributed by atoms with E-state index in [0.29, 0.717) is 41.9 Å². The molecule has 0 fully saturated rings. The lowest BCUT2D eigenvalue weighted by molar-refractivity contribution is 0.0945. The topological polar surface area (TPSA) is 66.9 Å². The predicted octanol–water partition coefficient (Wildman–Crippen LogP) is 4.16. The summed E-state index contributed by atoms with van der Waals surface area (Å²) in [5.41, 5.74) is 2.94. The Kier molecular flexibility index (Phi) is 6.55. The van der Waals surface area contributed by atoms with E-state index in [-0.39, 0.29) is 11.7 Å². The molecule has 0 spiro atoms. The first-order valence-electron chi connectivity index (χ1n) is 8.86. The van der Waals surface area contributed by atoms with Crippen molar-refractivity contribution in [2.75, 3.05) is 11.9 Å². The van der Waals surface area contributed by atoms with Gasteiger partial charge in [0.05, 0.1) is 0 Å². The molecule has 0 aliphatic rings. The van der Waals surface area contributed by atoms with Gasteiger partial charge in [0.2, 0.25) is 5.95 Å². The zero-order valence-corrected chi connectivity index (χ0v) is 16.1. The number of hydrogen-bond donors (Lipinski definition) is 2. The summed E-state index contributed by atoms with van der Waals surface area (Å²) in [6.45, 7) is 2.76. The number of anilines is 1. The number of carbonyl (C=O) groups excluding carboxylic acids is 1. The molecule has 28 heavy (non-hydrogen) atoms. The Morgan fingerprint density at radius 2 is 1.71 bits per heavy atom. The van der Waals surface area contributed by atoms with E-state index in [1.165, 1.54) is 12.1 Å². The average molecular weight is 399 g/mol. The van der Waals surface area contributed by atoms with Crippen molar-refractivity contribution in [2.45, 2.75) is 19.9 Å². The SMILES string of the molecule is Cc1cc(C(=O)NCc2ccc(Cl)cc2)nc(NCCc2ccc(F)cc2)n1. The summed E-state index contributed by atoms with van der Waals surface area (Å²) in [7, 11) is 0. The molecule has 0 bridgehead atoms. The molecule has 0 atom stereocenters. The van der Waals surface area contributed by atoms with Crippen LogP contribution in [-0.4, -0.2) is 22.4 Å². The molecule has 3 rings (SSSR count). The summed E-state index contributed by atoms with van der Waals surface area (Å²) in [4.78, 5) is 21.0. The van der Waals surface area contributed by atoms with Crippen LogP contribution in [0.3, 0.4) is 0 Å². The van der Waals surface area contributed by atoms with Crippen molar-refractivity contribution in [1.29, 1.82) is 0 Å². The maximum absolute atomic E-state index is 12.9. The van der Waals surface area contributed by atoms with Crippen molar-refractivity contribution in [1.82, 2.24) is 15.3 Å². The Morgan fingerprint density at radius 1 is 1.04 bits per heavy atom. The molecule has 0 saturated carbocycles. The highest BCUT2D eigenvalue weighted by molar-refractivity contribution is 6.30. The van der Waals surface area contributed by atoms with Crippen LogP contribution in [0.15, 0.2) is 54.6 Å². The number of benzene rings is 2. The Morgan fingerprint density at radius 3 is 2.43 bits per heavy atom. The summed E-state index contributed by atoms with van der Waals surface area (Å²) in [6, 6.07) is 15.3. The number of amides is 1. The lowest BCUT2D eigenvalue weighted by atomic mass is 10.1. The molecule has 0 radical (unpaired) electrons. The van der Waals surface area contributed by atoms with Gasteiger partial charge < -0.3 is 10.6 Å². The second kappa shape index (κ2) is 9.28. The maximum Gasteiger partial charge on any atom is 0.270 e. The standard InChI is InChI=1S/C21H20ClFN4O/c1-14-12-19(20(28)25-13-16-2-6-17(22)7-3-16)27-21(26-14)24-11-10-15-4-8-18(23)9-5-15/h2-9,12H,10-11,13H2,1H3,(H,25,28)(H,24,26,27). The van der Waals surface area contributed by atoms with E-state index < -0.39 is 0 Å². The molecule has 2 aromatic carbocycles. The predicted molar refractivity (Wildman–Crippen MR) is 108 cm³/mol. The second-order valence-electron chi connectivity index (χ2n) is 6.33. The van der Waals surface area contributed by atoms with Gasteiger partial charge in [0.15, 0.2) is 0 Å². The summed E-state index contributed by atoms with van der Waals surface area (Å²) >= 11 is 5.86. The molecule has 5 nitrogen and oxygen atoms in total. The monoisotopic (exact) mass is 398 g/mol. The van der Waals surface area contributed by atoms with E-state index in [2.05, 4.69) is 20.6 Å². The van der Waals surface area contributed by atoms with Gasteiger partial charge in [-0.2, -0.15) is 0 Å². The van der Waals surface area contributed by atoms with Crippen LogP contribution in [0.2, 0.25) is 5.02 Å². The Labute approximate surface area is 168 Å². The minimum Gasteiger partial charge on any atom is -0.354 e. The van der Waals surface area contributed by atoms with Crippen molar-refractivity contribution >= 4 is 23.5 Å². The molecule has 7 heteroatoms. The summed E-state index contributed by atoms with van der Waals surface area (Å²) in [5, 5.41) is 6.60. The van der Waals surface area contributed by atoms with Crippen LogP contribution in [0.25, 0.3) is 0 Å². The van der Waals surface area contributed by atoms with Gasteiger partial charge in [-0.1, -0.05) is 35.9 Å². The number of aryl methyl sites for hydroxylation is 1. The third kappa shape index (κ3) is 5.76.